The van der Waals surface area contributed by atoms with Crippen LogP contribution in [0.4, 0.5) is 0 Å². The Morgan fingerprint density at radius 3 is 2.95 bits per heavy atom. The van der Waals surface area contributed by atoms with Gasteiger partial charge in [-0.3, -0.25) is 4.79 Å². The summed E-state index contributed by atoms with van der Waals surface area (Å²) < 4.78 is 0. The first-order chi connectivity index (χ1) is 9.25. The van der Waals surface area contributed by atoms with Crippen LogP contribution in [0, 0.1) is 5.92 Å². The van der Waals surface area contributed by atoms with Crippen LogP contribution in [0.15, 0.2) is 34.5 Å². The van der Waals surface area contributed by atoms with Crippen molar-refractivity contribution in [3.63, 3.8) is 0 Å². The first-order valence-corrected chi connectivity index (χ1v) is 6.98. The fraction of sp³-hybridized carbons (Fsp3) is 0.533. The molecular weight excluding hydrogens is 238 g/mol. The van der Waals surface area contributed by atoms with E-state index in [0.717, 1.165) is 37.1 Å². The average Bonchev–Trinajstić information content (AvgIpc) is 2.65. The maximum atomic E-state index is 11.8. The van der Waals surface area contributed by atoms with Crippen LogP contribution in [0.1, 0.15) is 41.2 Å². The van der Waals surface area contributed by atoms with Crippen LogP contribution >= 0.6 is 0 Å². The summed E-state index contributed by atoms with van der Waals surface area (Å²) in [6, 6.07) is 7.86. The van der Waals surface area contributed by atoms with Gasteiger partial charge in [0.05, 0.1) is 6.04 Å². The second-order valence-electron chi connectivity index (χ2n) is 5.55. The molecule has 2 aliphatic rings. The second kappa shape index (κ2) is 5.21. The minimum absolute atomic E-state index is 0.0698. The van der Waals surface area contributed by atoms with Gasteiger partial charge in [-0.25, -0.2) is 0 Å². The van der Waals surface area contributed by atoms with Gasteiger partial charge in [0, 0.05) is 5.56 Å². The van der Waals surface area contributed by atoms with E-state index in [2.05, 4.69) is 22.2 Å². The van der Waals surface area contributed by atoms with Crippen LogP contribution in [0.2, 0.25) is 0 Å². The number of likely N-dealkylation sites (tertiary alicyclic amines) is 1. The number of amides is 1. The van der Waals surface area contributed by atoms with Crippen molar-refractivity contribution in [1.82, 2.24) is 4.90 Å². The zero-order valence-corrected chi connectivity index (χ0v) is 11.2. The van der Waals surface area contributed by atoms with E-state index in [9.17, 15) is 4.79 Å². The fourth-order valence-corrected chi connectivity index (χ4v) is 3.11. The molecule has 3 rings (SSSR count). The molecule has 0 spiro atoms. The first-order valence-electron chi connectivity index (χ1n) is 6.98. The lowest BCUT2D eigenvalue weighted by Gasteiger charge is -2.25. The second-order valence-corrected chi connectivity index (χ2v) is 5.55. The number of azo groups is 1. The van der Waals surface area contributed by atoms with Crippen LogP contribution in [0.3, 0.4) is 0 Å². The Morgan fingerprint density at radius 2 is 2.05 bits per heavy atom. The van der Waals surface area contributed by atoms with Gasteiger partial charge in [-0.1, -0.05) is 18.2 Å². The molecular formula is C15H19N3O. The molecule has 0 saturated carbocycles. The highest BCUT2D eigenvalue weighted by Crippen LogP contribution is 2.37. The Kier molecular flexibility index (Phi) is 3.42. The number of hydrogen-bond acceptors (Lipinski definition) is 3. The summed E-state index contributed by atoms with van der Waals surface area (Å²) in [6.07, 6.45) is 3.49. The molecule has 2 unspecified atom stereocenters. The summed E-state index contributed by atoms with van der Waals surface area (Å²) in [6.45, 7) is 2.26. The van der Waals surface area contributed by atoms with E-state index in [-0.39, 0.29) is 11.9 Å². The molecule has 0 radical (unpaired) electrons. The van der Waals surface area contributed by atoms with Gasteiger partial charge in [-0.05, 0) is 56.9 Å². The van der Waals surface area contributed by atoms with Gasteiger partial charge in [0.2, 0.25) is 0 Å². The van der Waals surface area contributed by atoms with Crippen molar-refractivity contribution < 1.29 is 4.79 Å². The van der Waals surface area contributed by atoms with Crippen molar-refractivity contribution in [3.05, 3.63) is 35.4 Å². The monoisotopic (exact) mass is 257 g/mol. The van der Waals surface area contributed by atoms with Crippen LogP contribution in [-0.2, 0) is 0 Å². The summed E-state index contributed by atoms with van der Waals surface area (Å²) >= 11 is 0. The highest BCUT2D eigenvalue weighted by molar-refractivity contribution is 5.96. The summed E-state index contributed by atoms with van der Waals surface area (Å²) in [4.78, 5) is 14.1. The lowest BCUT2D eigenvalue weighted by Crippen LogP contribution is -2.21. The van der Waals surface area contributed by atoms with Crippen molar-refractivity contribution in [2.45, 2.75) is 25.3 Å². The van der Waals surface area contributed by atoms with Crippen molar-refractivity contribution in [1.29, 1.82) is 0 Å². The number of rotatable bonds is 1. The highest BCUT2D eigenvalue weighted by Gasteiger charge is 2.31. The van der Waals surface area contributed by atoms with E-state index in [0.29, 0.717) is 5.92 Å². The van der Waals surface area contributed by atoms with Crippen LogP contribution < -0.4 is 0 Å². The van der Waals surface area contributed by atoms with E-state index in [4.69, 9.17) is 0 Å². The van der Waals surface area contributed by atoms with Gasteiger partial charge in [0.15, 0.2) is 0 Å². The fourth-order valence-electron chi connectivity index (χ4n) is 3.11. The Morgan fingerprint density at radius 1 is 1.21 bits per heavy atom. The predicted molar refractivity (Wildman–Crippen MR) is 73.2 cm³/mol. The van der Waals surface area contributed by atoms with Crippen molar-refractivity contribution in [2.75, 3.05) is 20.1 Å². The molecule has 100 valence electrons. The highest BCUT2D eigenvalue weighted by atomic mass is 16.1. The van der Waals surface area contributed by atoms with E-state index in [1.807, 2.05) is 24.3 Å². The van der Waals surface area contributed by atoms with Gasteiger partial charge < -0.3 is 4.90 Å². The van der Waals surface area contributed by atoms with Gasteiger partial charge in [0.25, 0.3) is 5.91 Å². The Balaban J connectivity index is 1.88. The Bertz CT molecular complexity index is 512. The van der Waals surface area contributed by atoms with Gasteiger partial charge in [-0.15, -0.1) is 5.11 Å². The third kappa shape index (κ3) is 2.45. The largest absolute Gasteiger partial charge is 0.306 e. The smallest absolute Gasteiger partial charge is 0.295 e. The van der Waals surface area contributed by atoms with E-state index in [1.165, 1.54) is 6.42 Å². The maximum Gasteiger partial charge on any atom is 0.295 e. The van der Waals surface area contributed by atoms with Crippen molar-refractivity contribution >= 4 is 5.91 Å². The summed E-state index contributed by atoms with van der Waals surface area (Å²) in [5, 5.41) is 8.15. The molecule has 19 heavy (non-hydrogen) atoms. The number of fused-ring (bicyclic) bond motifs is 1. The summed E-state index contributed by atoms with van der Waals surface area (Å²) in [5.41, 5.74) is 1.80. The third-order valence-corrected chi connectivity index (χ3v) is 4.23. The molecule has 1 fully saturated rings. The maximum absolute atomic E-state index is 11.8. The lowest BCUT2D eigenvalue weighted by molar-refractivity contribution is 0.0981. The molecule has 0 N–H and O–H groups in total. The summed E-state index contributed by atoms with van der Waals surface area (Å²) in [5.74, 6) is 0.306. The number of benzene rings is 1. The minimum atomic E-state index is -0.197. The number of hydrogen-bond donors (Lipinski definition) is 0. The molecule has 2 heterocycles. The molecule has 0 bridgehead atoms. The lowest BCUT2D eigenvalue weighted by atomic mass is 9.85. The van der Waals surface area contributed by atoms with E-state index < -0.39 is 0 Å². The number of carbonyl (C=O) groups excluding carboxylic acids is 1. The molecule has 0 aliphatic carbocycles. The molecule has 2 aliphatic heterocycles. The van der Waals surface area contributed by atoms with Crippen LogP contribution in [0.5, 0.6) is 0 Å². The first kappa shape index (κ1) is 12.5. The zero-order valence-electron chi connectivity index (χ0n) is 11.2. The Hall–Kier alpha value is -1.55. The molecule has 1 saturated heterocycles. The Labute approximate surface area is 113 Å². The topological polar surface area (TPSA) is 45.0 Å². The molecule has 1 aromatic rings. The third-order valence-electron chi connectivity index (χ3n) is 4.23. The minimum Gasteiger partial charge on any atom is -0.306 e. The van der Waals surface area contributed by atoms with Gasteiger partial charge >= 0.3 is 0 Å². The molecule has 0 aromatic heterocycles. The molecule has 4 nitrogen and oxygen atoms in total. The van der Waals surface area contributed by atoms with Crippen molar-refractivity contribution in [2.24, 2.45) is 16.1 Å². The number of nitrogens with zero attached hydrogens (tertiary/aromatic N) is 3. The van der Waals surface area contributed by atoms with Crippen molar-refractivity contribution in [3.8, 4) is 0 Å². The summed E-state index contributed by atoms with van der Waals surface area (Å²) in [7, 11) is 2.17. The van der Waals surface area contributed by atoms with Gasteiger partial charge in [0.1, 0.15) is 0 Å². The predicted octanol–water partition coefficient (Wildman–Crippen LogP) is 3.07. The number of carbonyl (C=O) groups is 1. The molecule has 2 atom stereocenters. The van der Waals surface area contributed by atoms with E-state index >= 15 is 0 Å². The van der Waals surface area contributed by atoms with Crippen LogP contribution in [0.25, 0.3) is 0 Å². The average molecular weight is 257 g/mol. The SMILES string of the molecule is CN1CCCC(C2N=NC(=O)c3ccccc32)CC1. The molecule has 4 heteroatoms. The molecule has 1 aromatic carbocycles. The standard InChI is InChI=1S/C15H19N3O/c1-18-9-4-5-11(8-10-18)14-12-6-2-3-7-13(12)15(19)17-16-14/h2-3,6-7,11,14H,4-5,8-10H2,1H3. The van der Waals surface area contributed by atoms with Crippen LogP contribution in [-0.4, -0.2) is 30.9 Å². The van der Waals surface area contributed by atoms with E-state index in [1.54, 1.807) is 0 Å². The van der Waals surface area contributed by atoms with Gasteiger partial charge in [-0.2, -0.15) is 5.11 Å². The quantitative estimate of drug-likeness (QED) is 0.776. The molecule has 1 amide bonds. The normalized spacial score (nSPS) is 27.9. The zero-order chi connectivity index (χ0) is 13.2.